The van der Waals surface area contributed by atoms with Gasteiger partial charge < -0.3 is 5.32 Å². The van der Waals surface area contributed by atoms with Crippen molar-refractivity contribution < 1.29 is 9.59 Å². The highest BCUT2D eigenvalue weighted by Gasteiger charge is 2.46. The summed E-state index contributed by atoms with van der Waals surface area (Å²) in [5.41, 5.74) is -0.788. The van der Waals surface area contributed by atoms with Gasteiger partial charge in [-0.25, -0.2) is 4.79 Å². The molecule has 1 saturated heterocycles. The highest BCUT2D eigenvalue weighted by molar-refractivity contribution is 9.09. The number of nitrogens with zero attached hydrogens (tertiary/aromatic N) is 1. The zero-order valence-corrected chi connectivity index (χ0v) is 12.6. The molecule has 0 unspecified atom stereocenters. The minimum absolute atomic E-state index is 0.0204. The van der Waals surface area contributed by atoms with Crippen molar-refractivity contribution in [2.45, 2.75) is 46.1 Å². The Bertz CT molecular complexity index is 316. The van der Waals surface area contributed by atoms with Gasteiger partial charge in [-0.2, -0.15) is 0 Å². The van der Waals surface area contributed by atoms with Gasteiger partial charge in [0, 0.05) is 11.9 Å². The van der Waals surface area contributed by atoms with Gasteiger partial charge in [0.25, 0.3) is 5.91 Å². The van der Waals surface area contributed by atoms with E-state index in [4.69, 9.17) is 0 Å². The van der Waals surface area contributed by atoms with Gasteiger partial charge in [0.05, 0.1) is 0 Å². The standard InChI is InChI=1S/C12H21BrN2O2/c1-5-12(6-2,7-13)8-15-9(16)11(3,4)14-10(15)17/h5-8H2,1-4H3,(H,14,17). The zero-order valence-electron chi connectivity index (χ0n) is 11.0. The van der Waals surface area contributed by atoms with Crippen LogP contribution in [0.3, 0.4) is 0 Å². The summed E-state index contributed by atoms with van der Waals surface area (Å²) < 4.78 is 0. The molecule has 0 aliphatic carbocycles. The van der Waals surface area contributed by atoms with Crippen LogP contribution in [0.2, 0.25) is 0 Å². The van der Waals surface area contributed by atoms with Gasteiger partial charge in [0.2, 0.25) is 0 Å². The molecule has 0 saturated carbocycles. The van der Waals surface area contributed by atoms with Crippen LogP contribution in [0.5, 0.6) is 0 Å². The molecule has 0 atom stereocenters. The summed E-state index contributed by atoms with van der Waals surface area (Å²) in [7, 11) is 0. The smallest absolute Gasteiger partial charge is 0.324 e. The normalized spacial score (nSPS) is 19.7. The van der Waals surface area contributed by atoms with Gasteiger partial charge in [0.15, 0.2) is 0 Å². The Labute approximate surface area is 111 Å². The highest BCUT2D eigenvalue weighted by Crippen LogP contribution is 2.32. The molecule has 1 aliphatic rings. The van der Waals surface area contributed by atoms with Crippen molar-refractivity contribution in [2.24, 2.45) is 5.41 Å². The van der Waals surface area contributed by atoms with E-state index in [1.54, 1.807) is 13.8 Å². The average Bonchev–Trinajstić information content (AvgIpc) is 2.48. The molecule has 1 fully saturated rings. The van der Waals surface area contributed by atoms with Crippen molar-refractivity contribution >= 4 is 27.9 Å². The number of nitrogens with one attached hydrogen (secondary N) is 1. The van der Waals surface area contributed by atoms with Crippen molar-refractivity contribution in [3.8, 4) is 0 Å². The lowest BCUT2D eigenvalue weighted by Crippen LogP contribution is -2.44. The Hall–Kier alpha value is -0.580. The van der Waals surface area contributed by atoms with Crippen LogP contribution in [-0.4, -0.2) is 34.3 Å². The van der Waals surface area contributed by atoms with Gasteiger partial charge in [-0.3, -0.25) is 9.69 Å². The Morgan fingerprint density at radius 3 is 2.12 bits per heavy atom. The molecule has 1 heterocycles. The molecule has 5 heteroatoms. The van der Waals surface area contributed by atoms with Crippen LogP contribution in [0.15, 0.2) is 0 Å². The Balaban J connectivity index is 2.88. The fourth-order valence-electron chi connectivity index (χ4n) is 2.00. The highest BCUT2D eigenvalue weighted by atomic mass is 79.9. The number of halogens is 1. The molecule has 1 N–H and O–H groups in total. The third-order valence-corrected chi connectivity index (χ3v) is 4.91. The summed E-state index contributed by atoms with van der Waals surface area (Å²) in [6.45, 7) is 8.14. The summed E-state index contributed by atoms with van der Waals surface area (Å²) in [5.74, 6) is -0.130. The molecule has 98 valence electrons. The van der Waals surface area contributed by atoms with Crippen molar-refractivity contribution in [3.05, 3.63) is 0 Å². The second kappa shape index (κ2) is 4.96. The van der Waals surface area contributed by atoms with E-state index in [1.807, 2.05) is 0 Å². The van der Waals surface area contributed by atoms with Gasteiger partial charge in [-0.15, -0.1) is 0 Å². The number of carbonyl (C=O) groups excluding carboxylic acids is 2. The molecule has 0 radical (unpaired) electrons. The molecule has 1 rings (SSSR count). The van der Waals surface area contributed by atoms with Gasteiger partial charge in [-0.05, 0) is 32.1 Å². The topological polar surface area (TPSA) is 49.4 Å². The third kappa shape index (κ3) is 2.64. The second-order valence-corrected chi connectivity index (χ2v) is 5.85. The van der Waals surface area contributed by atoms with E-state index < -0.39 is 5.54 Å². The van der Waals surface area contributed by atoms with E-state index in [-0.39, 0.29) is 17.4 Å². The predicted molar refractivity (Wildman–Crippen MR) is 71.1 cm³/mol. The number of amides is 3. The van der Waals surface area contributed by atoms with Crippen molar-refractivity contribution in [1.29, 1.82) is 0 Å². The van der Waals surface area contributed by atoms with Crippen LogP contribution in [0.4, 0.5) is 4.79 Å². The summed E-state index contributed by atoms with van der Waals surface area (Å²) in [6, 6.07) is -0.271. The number of hydrogen-bond acceptors (Lipinski definition) is 2. The van der Waals surface area contributed by atoms with E-state index in [9.17, 15) is 9.59 Å². The molecule has 4 nitrogen and oxygen atoms in total. The molecule has 1 aliphatic heterocycles. The Kier molecular flexibility index (Phi) is 4.23. The van der Waals surface area contributed by atoms with Gasteiger partial charge >= 0.3 is 6.03 Å². The lowest BCUT2D eigenvalue weighted by Gasteiger charge is -2.32. The maximum atomic E-state index is 12.1. The van der Waals surface area contributed by atoms with Gasteiger partial charge in [0.1, 0.15) is 5.54 Å². The molecule has 3 amide bonds. The largest absolute Gasteiger partial charge is 0.325 e. The molecule has 0 bridgehead atoms. The summed E-state index contributed by atoms with van der Waals surface area (Å²) in [5, 5.41) is 3.51. The summed E-state index contributed by atoms with van der Waals surface area (Å²) >= 11 is 3.50. The maximum absolute atomic E-state index is 12.1. The molecule has 0 spiro atoms. The Morgan fingerprint density at radius 2 is 1.82 bits per heavy atom. The van der Waals surface area contributed by atoms with Crippen molar-refractivity contribution in [2.75, 3.05) is 11.9 Å². The lowest BCUT2D eigenvalue weighted by molar-refractivity contribution is -0.131. The summed E-state index contributed by atoms with van der Waals surface area (Å²) in [6.07, 6.45) is 1.87. The number of rotatable bonds is 5. The lowest BCUT2D eigenvalue weighted by atomic mass is 9.84. The number of carbonyl (C=O) groups is 2. The molecular weight excluding hydrogens is 284 g/mol. The van der Waals surface area contributed by atoms with E-state index >= 15 is 0 Å². The number of imide groups is 1. The Morgan fingerprint density at radius 1 is 1.29 bits per heavy atom. The van der Waals surface area contributed by atoms with Crippen LogP contribution in [0.25, 0.3) is 0 Å². The van der Waals surface area contributed by atoms with Gasteiger partial charge in [-0.1, -0.05) is 29.8 Å². The van der Waals surface area contributed by atoms with E-state index in [2.05, 4.69) is 35.1 Å². The molecule has 0 aromatic heterocycles. The first kappa shape index (κ1) is 14.5. The fourth-order valence-corrected chi connectivity index (χ4v) is 2.97. The maximum Gasteiger partial charge on any atom is 0.325 e. The fraction of sp³-hybridized carbons (Fsp3) is 0.833. The van der Waals surface area contributed by atoms with Crippen LogP contribution in [-0.2, 0) is 4.79 Å². The zero-order chi connectivity index (χ0) is 13.3. The van der Waals surface area contributed by atoms with E-state index in [0.29, 0.717) is 6.54 Å². The van der Waals surface area contributed by atoms with Crippen LogP contribution in [0, 0.1) is 5.41 Å². The first-order valence-electron chi connectivity index (χ1n) is 6.02. The predicted octanol–water partition coefficient (Wildman–Crippen LogP) is 2.52. The molecular formula is C12H21BrN2O2. The quantitative estimate of drug-likeness (QED) is 0.627. The van der Waals surface area contributed by atoms with Crippen LogP contribution < -0.4 is 5.32 Å². The molecule has 0 aromatic carbocycles. The number of alkyl halides is 1. The average molecular weight is 305 g/mol. The van der Waals surface area contributed by atoms with Crippen molar-refractivity contribution in [1.82, 2.24) is 10.2 Å². The third-order valence-electron chi connectivity index (χ3n) is 3.72. The van der Waals surface area contributed by atoms with E-state index in [1.165, 1.54) is 4.90 Å². The summed E-state index contributed by atoms with van der Waals surface area (Å²) in [4.78, 5) is 25.3. The molecule has 0 aromatic rings. The molecule has 17 heavy (non-hydrogen) atoms. The van der Waals surface area contributed by atoms with E-state index in [0.717, 1.165) is 18.2 Å². The number of hydrogen-bond donors (Lipinski definition) is 1. The van der Waals surface area contributed by atoms with Crippen LogP contribution >= 0.6 is 15.9 Å². The second-order valence-electron chi connectivity index (χ2n) is 5.29. The van der Waals surface area contributed by atoms with Crippen LogP contribution in [0.1, 0.15) is 40.5 Å². The monoisotopic (exact) mass is 304 g/mol. The van der Waals surface area contributed by atoms with Crippen molar-refractivity contribution in [3.63, 3.8) is 0 Å². The SMILES string of the molecule is CCC(CC)(CBr)CN1C(=O)NC(C)(C)C1=O. The number of urea groups is 1. The first-order valence-corrected chi connectivity index (χ1v) is 7.14. The minimum Gasteiger partial charge on any atom is -0.324 e. The minimum atomic E-state index is -0.767. The first-order chi connectivity index (χ1) is 7.82.